The summed E-state index contributed by atoms with van der Waals surface area (Å²) in [5, 5.41) is 11.0. The first-order chi connectivity index (χ1) is 6.91. The van der Waals surface area contributed by atoms with Gasteiger partial charge in [-0.1, -0.05) is 0 Å². The SMILES string of the molecule is CCN/C(=C\C(N)C(F)(F)F)OCCO. The smallest absolute Gasteiger partial charge is 0.407 e. The van der Waals surface area contributed by atoms with E-state index in [9.17, 15) is 13.2 Å². The lowest BCUT2D eigenvalue weighted by Gasteiger charge is -2.15. The first-order valence-electron chi connectivity index (χ1n) is 4.43. The Bertz CT molecular complexity index is 207. The van der Waals surface area contributed by atoms with Crippen LogP contribution in [0, 0.1) is 0 Å². The molecule has 0 amide bonds. The van der Waals surface area contributed by atoms with E-state index in [1.807, 2.05) is 0 Å². The van der Waals surface area contributed by atoms with Gasteiger partial charge in [0.1, 0.15) is 12.6 Å². The minimum Gasteiger partial charge on any atom is -0.477 e. The first kappa shape index (κ1) is 14.1. The Hall–Kier alpha value is -0.950. The zero-order chi connectivity index (χ0) is 11.9. The molecule has 0 aromatic heterocycles. The molecule has 0 saturated carbocycles. The van der Waals surface area contributed by atoms with Crippen LogP contribution in [0.4, 0.5) is 13.2 Å². The van der Waals surface area contributed by atoms with Crippen LogP contribution in [0.2, 0.25) is 0 Å². The Morgan fingerprint density at radius 3 is 2.60 bits per heavy atom. The van der Waals surface area contributed by atoms with E-state index >= 15 is 0 Å². The Morgan fingerprint density at radius 1 is 1.60 bits per heavy atom. The molecule has 7 heteroatoms. The number of hydrogen-bond donors (Lipinski definition) is 3. The minimum absolute atomic E-state index is 0.0728. The molecular formula is C8H15F3N2O2. The highest BCUT2D eigenvalue weighted by Crippen LogP contribution is 2.19. The van der Waals surface area contributed by atoms with Gasteiger partial charge in [-0.2, -0.15) is 13.2 Å². The summed E-state index contributed by atoms with van der Waals surface area (Å²) in [6.07, 6.45) is -3.76. The van der Waals surface area contributed by atoms with Crippen molar-refractivity contribution >= 4 is 0 Å². The molecular weight excluding hydrogens is 213 g/mol. The summed E-state index contributed by atoms with van der Waals surface area (Å²) in [5.74, 6) is -0.0728. The van der Waals surface area contributed by atoms with E-state index in [0.717, 1.165) is 6.08 Å². The van der Waals surface area contributed by atoms with Gasteiger partial charge in [-0.05, 0) is 6.92 Å². The highest BCUT2D eigenvalue weighted by molar-refractivity contribution is 5.00. The number of rotatable bonds is 6. The molecule has 0 aliphatic heterocycles. The van der Waals surface area contributed by atoms with E-state index in [2.05, 4.69) is 5.32 Å². The third-order valence-corrected chi connectivity index (χ3v) is 1.41. The van der Waals surface area contributed by atoms with Crippen molar-refractivity contribution in [3.05, 3.63) is 12.0 Å². The van der Waals surface area contributed by atoms with E-state index in [0.29, 0.717) is 6.54 Å². The highest BCUT2D eigenvalue weighted by Gasteiger charge is 2.35. The summed E-state index contributed by atoms with van der Waals surface area (Å²) in [6, 6.07) is -2.08. The van der Waals surface area contributed by atoms with Crippen LogP contribution in [0.25, 0.3) is 0 Å². The maximum absolute atomic E-state index is 12.1. The van der Waals surface area contributed by atoms with Crippen LogP contribution >= 0.6 is 0 Å². The van der Waals surface area contributed by atoms with Crippen molar-refractivity contribution in [1.82, 2.24) is 5.32 Å². The standard InChI is InChI=1S/C8H15F3N2O2/c1-2-13-7(15-4-3-14)5-6(12)8(9,10)11/h5-6,13-14H,2-4,12H2,1H3/b7-5+. The van der Waals surface area contributed by atoms with E-state index in [1.54, 1.807) is 6.92 Å². The molecule has 0 heterocycles. The molecule has 0 bridgehead atoms. The zero-order valence-corrected chi connectivity index (χ0v) is 8.34. The predicted octanol–water partition coefficient (Wildman–Crippen LogP) is 0.336. The predicted molar refractivity (Wildman–Crippen MR) is 48.8 cm³/mol. The number of nitrogens with two attached hydrogens (primary N) is 1. The molecule has 0 saturated heterocycles. The number of halogens is 3. The lowest BCUT2D eigenvalue weighted by molar-refractivity contribution is -0.137. The van der Waals surface area contributed by atoms with Crippen molar-refractivity contribution < 1.29 is 23.0 Å². The van der Waals surface area contributed by atoms with Crippen LogP contribution in [0.1, 0.15) is 6.92 Å². The fourth-order valence-electron chi connectivity index (χ4n) is 0.745. The van der Waals surface area contributed by atoms with Crippen molar-refractivity contribution in [2.45, 2.75) is 19.1 Å². The largest absolute Gasteiger partial charge is 0.477 e. The molecule has 1 atom stereocenters. The second-order valence-corrected chi connectivity index (χ2v) is 2.70. The molecule has 0 aromatic rings. The average molecular weight is 228 g/mol. The third kappa shape index (κ3) is 6.19. The van der Waals surface area contributed by atoms with Crippen molar-refractivity contribution in [2.75, 3.05) is 19.8 Å². The molecule has 0 rings (SSSR count). The summed E-state index contributed by atoms with van der Waals surface area (Å²) >= 11 is 0. The maximum Gasteiger partial charge on any atom is 0.407 e. The van der Waals surface area contributed by atoms with Crippen LogP contribution in [0.3, 0.4) is 0 Å². The number of aliphatic hydroxyl groups is 1. The van der Waals surface area contributed by atoms with Crippen molar-refractivity contribution in [3.8, 4) is 0 Å². The van der Waals surface area contributed by atoms with Crippen molar-refractivity contribution in [3.63, 3.8) is 0 Å². The summed E-state index contributed by atoms with van der Waals surface area (Å²) in [5.41, 5.74) is 4.87. The normalized spacial score (nSPS) is 14.9. The summed E-state index contributed by atoms with van der Waals surface area (Å²) in [7, 11) is 0. The van der Waals surface area contributed by atoms with Gasteiger partial charge >= 0.3 is 6.18 Å². The van der Waals surface area contributed by atoms with E-state index in [-0.39, 0.29) is 19.1 Å². The van der Waals surface area contributed by atoms with E-state index in [1.165, 1.54) is 0 Å². The van der Waals surface area contributed by atoms with Crippen LogP contribution in [-0.2, 0) is 4.74 Å². The van der Waals surface area contributed by atoms with Gasteiger partial charge in [0.25, 0.3) is 0 Å². The number of alkyl halides is 3. The Labute approximate surface area is 85.9 Å². The quantitative estimate of drug-likeness (QED) is 0.573. The second kappa shape index (κ2) is 6.52. The van der Waals surface area contributed by atoms with Crippen molar-refractivity contribution in [2.24, 2.45) is 5.73 Å². The topological polar surface area (TPSA) is 67.5 Å². The Kier molecular flexibility index (Phi) is 6.11. The Balaban J connectivity index is 4.38. The van der Waals surface area contributed by atoms with Crippen LogP contribution in [0.5, 0.6) is 0 Å². The van der Waals surface area contributed by atoms with E-state index < -0.39 is 12.2 Å². The van der Waals surface area contributed by atoms with Gasteiger partial charge in [-0.3, -0.25) is 0 Å². The van der Waals surface area contributed by atoms with Crippen LogP contribution in [0.15, 0.2) is 12.0 Å². The van der Waals surface area contributed by atoms with Gasteiger partial charge in [0.05, 0.1) is 6.61 Å². The molecule has 4 N–H and O–H groups in total. The summed E-state index contributed by atoms with van der Waals surface area (Å²) in [6.45, 7) is 1.75. The minimum atomic E-state index is -4.50. The molecule has 0 radical (unpaired) electrons. The fraction of sp³-hybridized carbons (Fsp3) is 0.750. The van der Waals surface area contributed by atoms with Crippen LogP contribution in [-0.4, -0.2) is 37.1 Å². The number of hydrogen-bond acceptors (Lipinski definition) is 4. The average Bonchev–Trinajstić information content (AvgIpc) is 2.13. The maximum atomic E-state index is 12.1. The highest BCUT2D eigenvalue weighted by atomic mass is 19.4. The molecule has 90 valence electrons. The summed E-state index contributed by atoms with van der Waals surface area (Å²) < 4.78 is 41.0. The molecule has 4 nitrogen and oxygen atoms in total. The first-order valence-corrected chi connectivity index (χ1v) is 4.43. The zero-order valence-electron chi connectivity index (χ0n) is 8.34. The lowest BCUT2D eigenvalue weighted by Crippen LogP contribution is -2.36. The van der Waals surface area contributed by atoms with E-state index in [4.69, 9.17) is 15.6 Å². The van der Waals surface area contributed by atoms with Gasteiger partial charge in [0.15, 0.2) is 5.88 Å². The van der Waals surface area contributed by atoms with Gasteiger partial charge in [-0.25, -0.2) is 0 Å². The third-order valence-electron chi connectivity index (χ3n) is 1.41. The van der Waals surface area contributed by atoms with Gasteiger partial charge in [-0.15, -0.1) is 0 Å². The molecule has 0 aliphatic rings. The number of nitrogens with one attached hydrogen (secondary N) is 1. The van der Waals surface area contributed by atoms with Crippen molar-refractivity contribution in [1.29, 1.82) is 0 Å². The Morgan fingerprint density at radius 2 is 2.20 bits per heavy atom. The van der Waals surface area contributed by atoms with Crippen LogP contribution < -0.4 is 11.1 Å². The van der Waals surface area contributed by atoms with Gasteiger partial charge in [0, 0.05) is 12.6 Å². The summed E-state index contributed by atoms with van der Waals surface area (Å²) in [4.78, 5) is 0. The fourth-order valence-corrected chi connectivity index (χ4v) is 0.745. The lowest BCUT2D eigenvalue weighted by atomic mass is 10.3. The molecule has 0 spiro atoms. The molecule has 0 fully saturated rings. The van der Waals surface area contributed by atoms with Gasteiger partial charge < -0.3 is 20.9 Å². The molecule has 1 unspecified atom stereocenters. The molecule has 0 aliphatic carbocycles. The molecule has 15 heavy (non-hydrogen) atoms. The molecule has 0 aromatic carbocycles. The number of aliphatic hydroxyl groups excluding tert-OH is 1. The number of ether oxygens (including phenoxy) is 1. The monoisotopic (exact) mass is 228 g/mol. The van der Waals surface area contributed by atoms with Gasteiger partial charge in [0.2, 0.25) is 0 Å². The second-order valence-electron chi connectivity index (χ2n) is 2.70.